The van der Waals surface area contributed by atoms with Gasteiger partial charge in [0.1, 0.15) is 11.6 Å². The van der Waals surface area contributed by atoms with Gasteiger partial charge in [0, 0.05) is 18.5 Å². The molecule has 0 atom stereocenters. The summed E-state index contributed by atoms with van der Waals surface area (Å²) in [5, 5.41) is 2.92. The van der Waals surface area contributed by atoms with Crippen molar-refractivity contribution in [2.45, 2.75) is 39.5 Å². The highest BCUT2D eigenvalue weighted by Crippen LogP contribution is 2.18. The van der Waals surface area contributed by atoms with E-state index in [9.17, 15) is 4.79 Å². The molecule has 1 amide bonds. The Kier molecular flexibility index (Phi) is 5.89. The van der Waals surface area contributed by atoms with Crippen LogP contribution in [0.4, 0.5) is 5.69 Å². The van der Waals surface area contributed by atoms with E-state index in [-0.39, 0.29) is 5.91 Å². The number of aryl methyl sites for hydroxylation is 2. The van der Waals surface area contributed by atoms with E-state index in [0.29, 0.717) is 19.4 Å². The molecule has 26 heavy (non-hydrogen) atoms. The molecule has 136 valence electrons. The lowest BCUT2D eigenvalue weighted by Crippen LogP contribution is -2.12. The fourth-order valence-electron chi connectivity index (χ4n) is 2.90. The summed E-state index contributed by atoms with van der Waals surface area (Å²) in [4.78, 5) is 20.1. The van der Waals surface area contributed by atoms with Gasteiger partial charge in [0.25, 0.3) is 0 Å². The van der Waals surface area contributed by atoms with Crippen LogP contribution in [0.2, 0.25) is 0 Å². The SMILES string of the molecule is CCCc1nc2ccc(CCC(=O)Nc3ccc(OCC)cc3)cc2[nH]1. The van der Waals surface area contributed by atoms with Gasteiger partial charge in [-0.25, -0.2) is 4.98 Å². The third-order valence-electron chi connectivity index (χ3n) is 4.17. The van der Waals surface area contributed by atoms with Gasteiger partial charge in [-0.05, 0) is 61.7 Å². The first kappa shape index (κ1) is 18.0. The molecule has 0 saturated carbocycles. The maximum absolute atomic E-state index is 12.2. The molecule has 2 aromatic carbocycles. The minimum absolute atomic E-state index is 0.00513. The molecule has 3 aromatic rings. The van der Waals surface area contributed by atoms with Crippen LogP contribution in [-0.4, -0.2) is 22.5 Å². The molecule has 0 bridgehead atoms. The number of imidazole rings is 1. The predicted octanol–water partition coefficient (Wildman–Crippen LogP) is 4.49. The summed E-state index contributed by atoms with van der Waals surface area (Å²) in [6, 6.07) is 13.6. The van der Waals surface area contributed by atoms with Crippen LogP contribution in [0.1, 0.15) is 38.1 Å². The highest BCUT2D eigenvalue weighted by Gasteiger charge is 2.06. The number of anilines is 1. The largest absolute Gasteiger partial charge is 0.494 e. The van der Waals surface area contributed by atoms with Crippen LogP contribution in [0.25, 0.3) is 11.0 Å². The van der Waals surface area contributed by atoms with Gasteiger partial charge >= 0.3 is 0 Å². The van der Waals surface area contributed by atoms with Crippen LogP contribution in [0.15, 0.2) is 42.5 Å². The molecule has 0 fully saturated rings. The van der Waals surface area contributed by atoms with Crippen molar-refractivity contribution in [2.75, 3.05) is 11.9 Å². The van der Waals surface area contributed by atoms with Crippen molar-refractivity contribution in [3.63, 3.8) is 0 Å². The first-order chi connectivity index (χ1) is 12.7. The van der Waals surface area contributed by atoms with Crippen molar-refractivity contribution in [1.82, 2.24) is 9.97 Å². The summed E-state index contributed by atoms with van der Waals surface area (Å²) in [6.45, 7) is 4.72. The van der Waals surface area contributed by atoms with Gasteiger partial charge in [-0.15, -0.1) is 0 Å². The molecule has 1 aromatic heterocycles. The van der Waals surface area contributed by atoms with Crippen LogP contribution in [0.3, 0.4) is 0 Å². The molecule has 2 N–H and O–H groups in total. The van der Waals surface area contributed by atoms with Gasteiger partial charge in [0.05, 0.1) is 17.6 Å². The van der Waals surface area contributed by atoms with Crippen molar-refractivity contribution in [1.29, 1.82) is 0 Å². The number of rotatable bonds is 8. The number of fused-ring (bicyclic) bond motifs is 1. The lowest BCUT2D eigenvalue weighted by Gasteiger charge is -2.07. The monoisotopic (exact) mass is 351 g/mol. The third-order valence-corrected chi connectivity index (χ3v) is 4.17. The van der Waals surface area contributed by atoms with Gasteiger partial charge in [-0.2, -0.15) is 0 Å². The zero-order chi connectivity index (χ0) is 18.4. The number of carbonyl (C=O) groups is 1. The zero-order valence-corrected chi connectivity index (χ0v) is 15.3. The number of hydrogen-bond acceptors (Lipinski definition) is 3. The Morgan fingerprint density at radius 2 is 1.92 bits per heavy atom. The van der Waals surface area contributed by atoms with E-state index in [0.717, 1.165) is 46.7 Å². The van der Waals surface area contributed by atoms with Crippen LogP contribution >= 0.6 is 0 Å². The fraction of sp³-hybridized carbons (Fsp3) is 0.333. The van der Waals surface area contributed by atoms with E-state index >= 15 is 0 Å². The number of aromatic nitrogens is 2. The Morgan fingerprint density at radius 3 is 2.65 bits per heavy atom. The topological polar surface area (TPSA) is 67.0 Å². The van der Waals surface area contributed by atoms with E-state index in [4.69, 9.17) is 4.74 Å². The minimum atomic E-state index is 0.00513. The summed E-state index contributed by atoms with van der Waals surface area (Å²) in [6.07, 6.45) is 3.16. The van der Waals surface area contributed by atoms with Gasteiger partial charge in [0.15, 0.2) is 0 Å². The molecule has 0 unspecified atom stereocenters. The van der Waals surface area contributed by atoms with E-state index < -0.39 is 0 Å². The molecule has 0 aliphatic carbocycles. The first-order valence-electron chi connectivity index (χ1n) is 9.18. The Labute approximate surface area is 153 Å². The van der Waals surface area contributed by atoms with Crippen molar-refractivity contribution < 1.29 is 9.53 Å². The second-order valence-electron chi connectivity index (χ2n) is 6.29. The van der Waals surface area contributed by atoms with E-state index in [1.165, 1.54) is 0 Å². The number of nitrogens with one attached hydrogen (secondary N) is 2. The molecule has 0 spiro atoms. The third kappa shape index (κ3) is 4.63. The number of amides is 1. The molecule has 5 heteroatoms. The van der Waals surface area contributed by atoms with Crippen molar-refractivity contribution in [3.8, 4) is 5.75 Å². The Morgan fingerprint density at radius 1 is 1.12 bits per heavy atom. The minimum Gasteiger partial charge on any atom is -0.494 e. The lowest BCUT2D eigenvalue weighted by atomic mass is 10.1. The zero-order valence-electron chi connectivity index (χ0n) is 15.3. The average molecular weight is 351 g/mol. The molecule has 0 radical (unpaired) electrons. The first-order valence-corrected chi connectivity index (χ1v) is 9.18. The number of hydrogen-bond donors (Lipinski definition) is 2. The Hall–Kier alpha value is -2.82. The molecule has 5 nitrogen and oxygen atoms in total. The fourth-order valence-corrected chi connectivity index (χ4v) is 2.90. The maximum Gasteiger partial charge on any atom is 0.224 e. The summed E-state index contributed by atoms with van der Waals surface area (Å²) >= 11 is 0. The van der Waals surface area contributed by atoms with Crippen molar-refractivity contribution in [2.24, 2.45) is 0 Å². The van der Waals surface area contributed by atoms with Crippen molar-refractivity contribution >= 4 is 22.6 Å². The highest BCUT2D eigenvalue weighted by atomic mass is 16.5. The van der Waals surface area contributed by atoms with Crippen LogP contribution in [0, 0.1) is 0 Å². The number of benzene rings is 2. The number of H-pyrrole nitrogens is 1. The smallest absolute Gasteiger partial charge is 0.224 e. The summed E-state index contributed by atoms with van der Waals surface area (Å²) < 4.78 is 5.40. The molecule has 0 saturated heterocycles. The van der Waals surface area contributed by atoms with Crippen molar-refractivity contribution in [3.05, 3.63) is 53.9 Å². The normalized spacial score (nSPS) is 10.8. The molecule has 0 aliphatic rings. The van der Waals surface area contributed by atoms with Crippen LogP contribution < -0.4 is 10.1 Å². The maximum atomic E-state index is 12.2. The Balaban J connectivity index is 1.55. The molecule has 3 rings (SSSR count). The predicted molar refractivity (Wildman–Crippen MR) is 105 cm³/mol. The summed E-state index contributed by atoms with van der Waals surface area (Å²) in [5.41, 5.74) is 3.94. The number of aromatic amines is 1. The van der Waals surface area contributed by atoms with Gasteiger partial charge in [-0.3, -0.25) is 4.79 Å². The lowest BCUT2D eigenvalue weighted by molar-refractivity contribution is -0.116. The van der Waals surface area contributed by atoms with Gasteiger partial charge in [-0.1, -0.05) is 13.0 Å². The quantitative estimate of drug-likeness (QED) is 0.628. The number of ether oxygens (including phenoxy) is 1. The summed E-state index contributed by atoms with van der Waals surface area (Å²) in [5.74, 6) is 1.83. The number of carbonyl (C=O) groups excluding carboxylic acids is 1. The van der Waals surface area contributed by atoms with E-state index in [1.54, 1.807) is 0 Å². The molecule has 1 heterocycles. The van der Waals surface area contributed by atoms with Crippen LogP contribution in [-0.2, 0) is 17.6 Å². The Bertz CT molecular complexity index is 869. The van der Waals surface area contributed by atoms with Gasteiger partial charge < -0.3 is 15.0 Å². The average Bonchev–Trinajstić information content (AvgIpc) is 3.04. The molecular weight excluding hydrogens is 326 g/mol. The number of nitrogens with zero attached hydrogens (tertiary/aromatic N) is 1. The second kappa shape index (κ2) is 8.52. The van der Waals surface area contributed by atoms with Gasteiger partial charge in [0.2, 0.25) is 5.91 Å². The highest BCUT2D eigenvalue weighted by molar-refractivity contribution is 5.91. The van der Waals surface area contributed by atoms with Crippen LogP contribution in [0.5, 0.6) is 5.75 Å². The second-order valence-corrected chi connectivity index (χ2v) is 6.29. The molecular formula is C21H25N3O2. The summed E-state index contributed by atoms with van der Waals surface area (Å²) in [7, 11) is 0. The standard InChI is InChI=1S/C21H25N3O2/c1-3-5-20-23-18-12-6-15(14-19(18)24-20)7-13-21(25)22-16-8-10-17(11-9-16)26-4-2/h6,8-12,14H,3-5,7,13H2,1-2H3,(H,22,25)(H,23,24). The molecule has 0 aliphatic heterocycles. The van der Waals surface area contributed by atoms with E-state index in [2.05, 4.69) is 28.3 Å². The van der Waals surface area contributed by atoms with E-state index in [1.807, 2.05) is 43.3 Å².